The molecule has 0 bridgehead atoms. The van der Waals surface area contributed by atoms with Crippen molar-refractivity contribution in [2.75, 3.05) is 32.7 Å². The fraction of sp³-hybridized carbons (Fsp3) is 0.296. The molecular weight excluding hydrogens is 549 g/mol. The molecule has 0 unspecified atom stereocenters. The fourth-order valence-corrected chi connectivity index (χ4v) is 4.39. The topological polar surface area (TPSA) is 103 Å². The molecule has 0 aliphatic heterocycles. The van der Waals surface area contributed by atoms with Crippen molar-refractivity contribution in [3.8, 4) is 11.5 Å². The molecule has 0 aliphatic rings. The number of hydrogen-bond donors (Lipinski definition) is 1. The van der Waals surface area contributed by atoms with Crippen molar-refractivity contribution in [1.29, 1.82) is 0 Å². The molecule has 13 heteroatoms. The fourth-order valence-electron chi connectivity index (χ4n) is 3.65. The summed E-state index contributed by atoms with van der Waals surface area (Å²) in [6.45, 7) is 0.583. The number of likely N-dealkylation sites (N-methyl/N-ethyl adjacent to an activating group) is 1. The summed E-state index contributed by atoms with van der Waals surface area (Å²) in [7, 11) is 4.74. The van der Waals surface area contributed by atoms with Crippen LogP contribution in [-0.2, 0) is 24.9 Å². The zero-order valence-electron chi connectivity index (χ0n) is 21.9. The molecule has 3 heterocycles. The van der Waals surface area contributed by atoms with Crippen molar-refractivity contribution in [2.24, 2.45) is 0 Å². The summed E-state index contributed by atoms with van der Waals surface area (Å²) < 4.78 is 62.2. The molecule has 0 fully saturated rings. The van der Waals surface area contributed by atoms with Gasteiger partial charge in [-0.1, -0.05) is 17.8 Å². The van der Waals surface area contributed by atoms with Gasteiger partial charge in [0.05, 0.1) is 32.8 Å². The minimum absolute atomic E-state index is 0.0667. The summed E-state index contributed by atoms with van der Waals surface area (Å²) in [5.41, 5.74) is -0.124. The Balaban J connectivity index is 1.41. The second-order valence-corrected chi connectivity index (χ2v) is 9.51. The van der Waals surface area contributed by atoms with E-state index in [2.05, 4.69) is 15.3 Å². The summed E-state index contributed by atoms with van der Waals surface area (Å²) in [4.78, 5) is 22.0. The molecule has 0 radical (unpaired) electrons. The van der Waals surface area contributed by atoms with E-state index in [1.165, 1.54) is 19.4 Å². The zero-order chi connectivity index (χ0) is 28.7. The second-order valence-electron chi connectivity index (χ2n) is 8.57. The Hall–Kier alpha value is -4.13. The Bertz CT molecular complexity index is 1430. The summed E-state index contributed by atoms with van der Waals surface area (Å²) in [6, 6.07) is 12.9. The number of rotatable bonds is 12. The number of aromatic nitrogens is 2. The lowest BCUT2D eigenvalue weighted by atomic mass is 10.1. The van der Waals surface area contributed by atoms with Crippen molar-refractivity contribution < 1.29 is 36.3 Å². The number of furan rings is 2. The van der Waals surface area contributed by atoms with Gasteiger partial charge in [0.25, 0.3) is 5.91 Å². The van der Waals surface area contributed by atoms with Gasteiger partial charge in [0.1, 0.15) is 17.3 Å². The molecule has 1 amide bonds. The lowest BCUT2D eigenvalue weighted by molar-refractivity contribution is -0.141. The van der Waals surface area contributed by atoms with Crippen LogP contribution in [0.5, 0.6) is 11.5 Å². The number of nitrogens with zero attached hydrogens (tertiary/aromatic N) is 3. The lowest BCUT2D eigenvalue weighted by Crippen LogP contribution is -2.23. The van der Waals surface area contributed by atoms with Crippen molar-refractivity contribution in [3.63, 3.8) is 0 Å². The van der Waals surface area contributed by atoms with Crippen molar-refractivity contribution in [2.45, 2.75) is 30.1 Å². The molecule has 0 spiro atoms. The maximum atomic E-state index is 13.6. The molecule has 9 nitrogen and oxygen atoms in total. The molecule has 0 saturated carbocycles. The highest BCUT2D eigenvalue weighted by atomic mass is 32.2. The van der Waals surface area contributed by atoms with Gasteiger partial charge in [-0.3, -0.25) is 4.79 Å². The minimum Gasteiger partial charge on any atom is -0.493 e. The van der Waals surface area contributed by atoms with E-state index in [1.807, 2.05) is 12.1 Å². The van der Waals surface area contributed by atoms with Gasteiger partial charge in [0.15, 0.2) is 28.1 Å². The van der Waals surface area contributed by atoms with Gasteiger partial charge in [-0.25, -0.2) is 9.97 Å². The van der Waals surface area contributed by atoms with Crippen LogP contribution in [0.4, 0.5) is 19.0 Å². The summed E-state index contributed by atoms with van der Waals surface area (Å²) in [5, 5.41) is 2.60. The third-order valence-corrected chi connectivity index (χ3v) is 6.66. The van der Waals surface area contributed by atoms with Crippen molar-refractivity contribution in [3.05, 3.63) is 83.3 Å². The first kappa shape index (κ1) is 28.9. The van der Waals surface area contributed by atoms with E-state index in [9.17, 15) is 18.0 Å². The first-order valence-electron chi connectivity index (χ1n) is 12.1. The third kappa shape index (κ3) is 7.50. The average molecular weight is 577 g/mol. The van der Waals surface area contributed by atoms with Crippen LogP contribution in [0, 0.1) is 0 Å². The number of carbonyl (C=O) groups excluding carboxylic acids is 1. The van der Waals surface area contributed by atoms with Gasteiger partial charge in [0, 0.05) is 19.7 Å². The standard InChI is InChI=1S/C27H27F3N4O5S/c1-34(11-10-17-6-8-20(36-2)22(13-17)37-3)24-14-23(27(28,29)30)32-26(33-24)40-16-19-7-9-21(39-19)25(35)31-15-18-5-4-12-38-18/h4-9,12-14H,10-11,15-16H2,1-3H3,(H,31,35). The number of carbonyl (C=O) groups is 1. The quantitative estimate of drug-likeness (QED) is 0.171. The molecule has 4 rings (SSSR count). The Labute approximate surface area is 232 Å². The van der Waals surface area contributed by atoms with E-state index in [0.29, 0.717) is 36.0 Å². The van der Waals surface area contributed by atoms with Crippen LogP contribution in [0.3, 0.4) is 0 Å². The molecule has 1 N–H and O–H groups in total. The largest absolute Gasteiger partial charge is 0.493 e. The minimum atomic E-state index is -4.65. The Kier molecular flexibility index (Phi) is 9.25. The predicted molar refractivity (Wildman–Crippen MR) is 142 cm³/mol. The highest BCUT2D eigenvalue weighted by molar-refractivity contribution is 7.98. The van der Waals surface area contributed by atoms with E-state index in [-0.39, 0.29) is 29.0 Å². The van der Waals surface area contributed by atoms with Crippen LogP contribution in [0.2, 0.25) is 0 Å². The van der Waals surface area contributed by atoms with Gasteiger partial charge in [-0.15, -0.1) is 0 Å². The molecule has 0 atom stereocenters. The summed E-state index contributed by atoms with van der Waals surface area (Å²) in [5.74, 6) is 2.01. The zero-order valence-corrected chi connectivity index (χ0v) is 22.8. The van der Waals surface area contributed by atoms with Gasteiger partial charge in [0.2, 0.25) is 0 Å². The van der Waals surface area contributed by atoms with Crippen LogP contribution < -0.4 is 19.7 Å². The van der Waals surface area contributed by atoms with Gasteiger partial charge in [-0.05, 0) is 48.4 Å². The number of ether oxygens (including phenoxy) is 2. The average Bonchev–Trinajstić information content (AvgIpc) is 3.65. The van der Waals surface area contributed by atoms with E-state index in [4.69, 9.17) is 18.3 Å². The van der Waals surface area contributed by atoms with Gasteiger partial charge < -0.3 is 28.5 Å². The van der Waals surface area contributed by atoms with E-state index >= 15 is 0 Å². The van der Waals surface area contributed by atoms with E-state index in [1.54, 1.807) is 43.3 Å². The molecule has 0 saturated heterocycles. The van der Waals surface area contributed by atoms with Crippen molar-refractivity contribution in [1.82, 2.24) is 15.3 Å². The number of anilines is 1. The maximum absolute atomic E-state index is 13.6. The van der Waals surface area contributed by atoms with E-state index in [0.717, 1.165) is 23.4 Å². The molecule has 212 valence electrons. The first-order valence-corrected chi connectivity index (χ1v) is 13.0. The first-order chi connectivity index (χ1) is 19.2. The highest BCUT2D eigenvalue weighted by Crippen LogP contribution is 2.33. The number of thioether (sulfide) groups is 1. The van der Waals surface area contributed by atoms with Gasteiger partial charge in [-0.2, -0.15) is 13.2 Å². The Morgan fingerprint density at radius 2 is 1.85 bits per heavy atom. The number of benzene rings is 1. The number of methoxy groups -OCH3 is 2. The molecule has 3 aromatic heterocycles. The summed E-state index contributed by atoms with van der Waals surface area (Å²) in [6.07, 6.45) is -2.62. The molecule has 0 aliphatic carbocycles. The second kappa shape index (κ2) is 12.8. The van der Waals surface area contributed by atoms with Gasteiger partial charge >= 0.3 is 6.18 Å². The van der Waals surface area contributed by atoms with E-state index < -0.39 is 17.8 Å². The molecule has 40 heavy (non-hydrogen) atoms. The van der Waals surface area contributed by atoms with Crippen LogP contribution in [-0.4, -0.2) is 43.7 Å². The smallest absolute Gasteiger partial charge is 0.433 e. The SMILES string of the molecule is COc1ccc(CCN(C)c2cc(C(F)(F)F)nc(SCc3ccc(C(=O)NCc4ccco4)o3)n2)cc1OC. The third-order valence-electron chi connectivity index (χ3n) is 5.79. The van der Waals surface area contributed by atoms with Crippen LogP contribution in [0.1, 0.15) is 33.3 Å². The van der Waals surface area contributed by atoms with Crippen molar-refractivity contribution >= 4 is 23.5 Å². The maximum Gasteiger partial charge on any atom is 0.433 e. The number of nitrogens with one attached hydrogen (secondary N) is 1. The summed E-state index contributed by atoms with van der Waals surface area (Å²) >= 11 is 0.976. The number of amides is 1. The Morgan fingerprint density at radius 1 is 1.05 bits per heavy atom. The van der Waals surface area contributed by atoms with Crippen LogP contribution >= 0.6 is 11.8 Å². The lowest BCUT2D eigenvalue weighted by Gasteiger charge is -2.20. The molecule has 1 aromatic carbocycles. The Morgan fingerprint density at radius 3 is 2.55 bits per heavy atom. The number of hydrogen-bond acceptors (Lipinski definition) is 9. The monoisotopic (exact) mass is 576 g/mol. The predicted octanol–water partition coefficient (Wildman–Crippen LogP) is 5.60. The normalized spacial score (nSPS) is 11.3. The molecular formula is C27H27F3N4O5S. The number of alkyl halides is 3. The number of halogens is 3. The van der Waals surface area contributed by atoms with Crippen LogP contribution in [0.15, 0.2) is 68.8 Å². The molecule has 4 aromatic rings. The highest BCUT2D eigenvalue weighted by Gasteiger charge is 2.34. The van der Waals surface area contributed by atoms with Crippen LogP contribution in [0.25, 0.3) is 0 Å².